The van der Waals surface area contributed by atoms with Crippen molar-refractivity contribution in [2.45, 2.75) is 31.0 Å². The van der Waals surface area contributed by atoms with Gasteiger partial charge in [-0.1, -0.05) is 18.2 Å². The number of alkyl halides is 3. The zero-order chi connectivity index (χ0) is 18.8. The fraction of sp³-hybridized carbons (Fsp3) is 0.412. The Morgan fingerprint density at radius 2 is 2.00 bits per heavy atom. The van der Waals surface area contributed by atoms with E-state index in [9.17, 15) is 13.2 Å². The van der Waals surface area contributed by atoms with Crippen LogP contribution in [0.15, 0.2) is 45.6 Å². The second-order valence-electron chi connectivity index (χ2n) is 5.26. The van der Waals surface area contributed by atoms with Gasteiger partial charge in [-0.15, -0.1) is 23.1 Å². The number of aliphatic imine (C=N–C) groups is 1. The standard InChI is InChI=1S/C17H21F3N4S2/c1-2-21-16(22-9-6-10-25-13-7-4-3-5-8-13)23-11-15-24-14(12-26-15)17(18,19)20/h3-5,7-8,12H,2,6,9-11H2,1H3,(H2,21,22,23). The number of thioether (sulfide) groups is 1. The van der Waals surface area contributed by atoms with Crippen LogP contribution in [0.2, 0.25) is 0 Å². The van der Waals surface area contributed by atoms with Gasteiger partial charge in [-0.25, -0.2) is 9.98 Å². The highest BCUT2D eigenvalue weighted by atomic mass is 32.2. The normalized spacial score (nSPS) is 12.2. The number of halogens is 3. The summed E-state index contributed by atoms with van der Waals surface area (Å²) < 4.78 is 37.7. The number of thiazole rings is 1. The van der Waals surface area contributed by atoms with Crippen molar-refractivity contribution in [1.29, 1.82) is 0 Å². The van der Waals surface area contributed by atoms with Gasteiger partial charge in [-0.05, 0) is 31.2 Å². The van der Waals surface area contributed by atoms with Crippen molar-refractivity contribution in [3.63, 3.8) is 0 Å². The zero-order valence-electron chi connectivity index (χ0n) is 14.3. The lowest BCUT2D eigenvalue weighted by atomic mass is 10.4. The van der Waals surface area contributed by atoms with Gasteiger partial charge < -0.3 is 10.6 Å². The zero-order valence-corrected chi connectivity index (χ0v) is 16.0. The molecule has 0 saturated heterocycles. The number of aromatic nitrogens is 1. The average Bonchev–Trinajstić information content (AvgIpc) is 3.09. The molecule has 2 rings (SSSR count). The summed E-state index contributed by atoms with van der Waals surface area (Å²) in [4.78, 5) is 9.12. The third-order valence-electron chi connectivity index (χ3n) is 3.18. The summed E-state index contributed by atoms with van der Waals surface area (Å²) in [5.41, 5.74) is -0.858. The molecule has 1 aromatic heterocycles. The Hall–Kier alpha value is -1.74. The molecule has 1 heterocycles. The largest absolute Gasteiger partial charge is 0.434 e. The molecular formula is C17H21F3N4S2. The summed E-state index contributed by atoms with van der Waals surface area (Å²) in [6, 6.07) is 10.2. The monoisotopic (exact) mass is 402 g/mol. The Morgan fingerprint density at radius 1 is 1.23 bits per heavy atom. The predicted octanol–water partition coefficient (Wildman–Crippen LogP) is 4.40. The van der Waals surface area contributed by atoms with Crippen LogP contribution in [0.3, 0.4) is 0 Å². The highest BCUT2D eigenvalue weighted by Gasteiger charge is 2.33. The smallest absolute Gasteiger partial charge is 0.357 e. The summed E-state index contributed by atoms with van der Waals surface area (Å²) in [5.74, 6) is 1.55. The molecule has 9 heteroatoms. The maximum Gasteiger partial charge on any atom is 0.434 e. The third-order valence-corrected chi connectivity index (χ3v) is 5.12. The van der Waals surface area contributed by atoms with Crippen LogP contribution in [0.5, 0.6) is 0 Å². The van der Waals surface area contributed by atoms with Gasteiger partial charge in [0, 0.05) is 23.4 Å². The van der Waals surface area contributed by atoms with Gasteiger partial charge in [0.15, 0.2) is 11.7 Å². The Balaban J connectivity index is 1.76. The second kappa shape index (κ2) is 10.4. The molecule has 0 bridgehead atoms. The number of hydrogen-bond acceptors (Lipinski definition) is 4. The fourth-order valence-electron chi connectivity index (χ4n) is 1.99. The van der Waals surface area contributed by atoms with E-state index in [1.807, 2.05) is 25.1 Å². The first-order valence-electron chi connectivity index (χ1n) is 8.20. The van der Waals surface area contributed by atoms with Crippen molar-refractivity contribution in [2.75, 3.05) is 18.8 Å². The molecule has 0 amide bonds. The van der Waals surface area contributed by atoms with E-state index in [1.54, 1.807) is 11.8 Å². The Labute approximate surface area is 159 Å². The van der Waals surface area contributed by atoms with E-state index in [0.717, 1.165) is 35.4 Å². The molecule has 0 saturated carbocycles. The number of nitrogens with zero attached hydrogens (tertiary/aromatic N) is 2. The van der Waals surface area contributed by atoms with Crippen LogP contribution in [0.1, 0.15) is 24.0 Å². The highest BCUT2D eigenvalue weighted by Crippen LogP contribution is 2.30. The minimum atomic E-state index is -4.41. The maximum atomic E-state index is 12.6. The van der Waals surface area contributed by atoms with Crippen LogP contribution in [0.25, 0.3) is 0 Å². The van der Waals surface area contributed by atoms with E-state index in [-0.39, 0.29) is 6.54 Å². The second-order valence-corrected chi connectivity index (χ2v) is 7.37. The quantitative estimate of drug-likeness (QED) is 0.297. The van der Waals surface area contributed by atoms with Gasteiger partial charge in [0.05, 0.1) is 6.54 Å². The number of guanidine groups is 1. The first-order valence-corrected chi connectivity index (χ1v) is 10.1. The minimum absolute atomic E-state index is 0.120. The molecule has 0 atom stereocenters. The highest BCUT2D eigenvalue weighted by molar-refractivity contribution is 7.99. The van der Waals surface area contributed by atoms with Gasteiger partial charge in [-0.2, -0.15) is 13.2 Å². The topological polar surface area (TPSA) is 49.3 Å². The van der Waals surface area contributed by atoms with Crippen LogP contribution in [-0.2, 0) is 12.7 Å². The SMILES string of the molecule is CCNC(=NCc1nc(C(F)(F)F)cs1)NCCCSc1ccccc1. The van der Waals surface area contributed by atoms with Gasteiger partial charge in [0.2, 0.25) is 0 Å². The van der Waals surface area contributed by atoms with E-state index >= 15 is 0 Å². The Bertz CT molecular complexity index is 687. The van der Waals surface area contributed by atoms with Gasteiger partial charge in [0.1, 0.15) is 5.01 Å². The van der Waals surface area contributed by atoms with E-state index in [1.165, 1.54) is 4.90 Å². The van der Waals surface area contributed by atoms with Gasteiger partial charge in [0.25, 0.3) is 0 Å². The maximum absolute atomic E-state index is 12.6. The lowest BCUT2D eigenvalue weighted by molar-refractivity contribution is -0.140. The van der Waals surface area contributed by atoms with Crippen LogP contribution in [-0.4, -0.2) is 29.8 Å². The molecule has 4 nitrogen and oxygen atoms in total. The summed E-state index contributed by atoms with van der Waals surface area (Å²) >= 11 is 2.75. The van der Waals surface area contributed by atoms with Gasteiger partial charge >= 0.3 is 6.18 Å². The lowest BCUT2D eigenvalue weighted by Crippen LogP contribution is -2.37. The minimum Gasteiger partial charge on any atom is -0.357 e. The van der Waals surface area contributed by atoms with Crippen LogP contribution in [0.4, 0.5) is 13.2 Å². The van der Waals surface area contributed by atoms with Crippen molar-refractivity contribution >= 4 is 29.1 Å². The fourth-order valence-corrected chi connectivity index (χ4v) is 3.59. The summed E-state index contributed by atoms with van der Waals surface area (Å²) in [5, 5.41) is 7.64. The van der Waals surface area contributed by atoms with Crippen molar-refractivity contribution in [3.05, 3.63) is 46.4 Å². The molecule has 2 aromatic rings. The molecule has 0 spiro atoms. The number of nitrogens with one attached hydrogen (secondary N) is 2. The van der Waals surface area contributed by atoms with Crippen LogP contribution >= 0.6 is 23.1 Å². The van der Waals surface area contributed by atoms with E-state index in [0.29, 0.717) is 17.5 Å². The summed E-state index contributed by atoms with van der Waals surface area (Å²) in [6.45, 7) is 3.47. The summed E-state index contributed by atoms with van der Waals surface area (Å²) in [6.07, 6.45) is -3.46. The van der Waals surface area contributed by atoms with Crippen LogP contribution < -0.4 is 10.6 Å². The molecule has 0 aliphatic heterocycles. The van der Waals surface area contributed by atoms with E-state index < -0.39 is 11.9 Å². The Morgan fingerprint density at radius 3 is 2.65 bits per heavy atom. The van der Waals surface area contributed by atoms with Gasteiger partial charge in [-0.3, -0.25) is 0 Å². The molecule has 2 N–H and O–H groups in total. The molecule has 1 aromatic carbocycles. The summed E-state index contributed by atoms with van der Waals surface area (Å²) in [7, 11) is 0. The van der Waals surface area contributed by atoms with Crippen LogP contribution in [0, 0.1) is 0 Å². The average molecular weight is 403 g/mol. The molecule has 0 unspecified atom stereocenters. The molecule has 142 valence electrons. The van der Waals surface area contributed by atoms with E-state index in [2.05, 4.69) is 32.7 Å². The first kappa shape index (κ1) is 20.6. The van der Waals surface area contributed by atoms with Crippen molar-refractivity contribution in [1.82, 2.24) is 15.6 Å². The number of rotatable bonds is 8. The molecule has 0 aliphatic rings. The van der Waals surface area contributed by atoms with Crippen molar-refractivity contribution in [3.8, 4) is 0 Å². The molecule has 0 fully saturated rings. The predicted molar refractivity (Wildman–Crippen MR) is 102 cm³/mol. The lowest BCUT2D eigenvalue weighted by Gasteiger charge is -2.10. The number of hydrogen-bond donors (Lipinski definition) is 2. The first-order chi connectivity index (χ1) is 12.5. The molecule has 26 heavy (non-hydrogen) atoms. The molecule has 0 aliphatic carbocycles. The molecular weight excluding hydrogens is 381 g/mol. The Kier molecular flexibility index (Phi) is 8.24. The number of benzene rings is 1. The van der Waals surface area contributed by atoms with E-state index in [4.69, 9.17) is 0 Å². The van der Waals surface area contributed by atoms with Crippen molar-refractivity contribution < 1.29 is 13.2 Å². The third kappa shape index (κ3) is 7.25. The molecule has 0 radical (unpaired) electrons. The van der Waals surface area contributed by atoms with Crippen molar-refractivity contribution in [2.24, 2.45) is 4.99 Å².